The van der Waals surface area contributed by atoms with Crippen molar-refractivity contribution in [3.8, 4) is 16.9 Å². The van der Waals surface area contributed by atoms with E-state index in [1.54, 1.807) is 7.11 Å². The zero-order valence-corrected chi connectivity index (χ0v) is 20.4. The summed E-state index contributed by atoms with van der Waals surface area (Å²) in [6.45, 7) is 7.43. The Morgan fingerprint density at radius 2 is 1.76 bits per heavy atom. The van der Waals surface area contributed by atoms with Crippen LogP contribution in [0.4, 0.5) is 0 Å². The van der Waals surface area contributed by atoms with Crippen molar-refractivity contribution in [1.82, 2.24) is 10.5 Å². The summed E-state index contributed by atoms with van der Waals surface area (Å²) in [5.41, 5.74) is 5.27. The average Bonchev–Trinajstić information content (AvgIpc) is 3.29. The van der Waals surface area contributed by atoms with Gasteiger partial charge in [-0.05, 0) is 54.7 Å². The number of carbonyl (C=O) groups is 1. The molecule has 0 fully saturated rings. The molecule has 0 radical (unpaired) electrons. The number of hydrogen-bond donors (Lipinski definition) is 1. The predicted molar refractivity (Wildman–Crippen MR) is 131 cm³/mol. The Kier molecular flexibility index (Phi) is 9.67. The van der Waals surface area contributed by atoms with Crippen molar-refractivity contribution in [3.63, 3.8) is 0 Å². The number of benzene rings is 2. The maximum atomic E-state index is 11.6. The molecule has 7 nitrogen and oxygen atoms in total. The highest BCUT2D eigenvalue weighted by molar-refractivity contribution is 5.73. The quantitative estimate of drug-likeness (QED) is 0.364. The third-order valence-corrected chi connectivity index (χ3v) is 5.41. The van der Waals surface area contributed by atoms with Crippen LogP contribution in [0.3, 0.4) is 0 Å². The van der Waals surface area contributed by atoms with Gasteiger partial charge >= 0.3 is 0 Å². The second-order valence-corrected chi connectivity index (χ2v) is 8.30. The minimum atomic E-state index is -0.364. The molecule has 2 aromatic carbocycles. The van der Waals surface area contributed by atoms with Gasteiger partial charge in [0, 0.05) is 26.5 Å². The van der Waals surface area contributed by atoms with Gasteiger partial charge in [0.2, 0.25) is 5.91 Å². The van der Waals surface area contributed by atoms with Gasteiger partial charge < -0.3 is 24.1 Å². The van der Waals surface area contributed by atoms with Gasteiger partial charge in [0.1, 0.15) is 17.2 Å². The van der Waals surface area contributed by atoms with Gasteiger partial charge in [-0.15, -0.1) is 0 Å². The number of nitrogens with zero attached hydrogens (tertiary/aromatic N) is 1. The topological polar surface area (TPSA) is 82.8 Å². The van der Waals surface area contributed by atoms with Crippen molar-refractivity contribution in [3.05, 3.63) is 71.1 Å². The predicted octanol–water partition coefficient (Wildman–Crippen LogP) is 4.81. The van der Waals surface area contributed by atoms with Crippen molar-refractivity contribution in [2.75, 3.05) is 33.5 Å². The highest BCUT2D eigenvalue weighted by atomic mass is 16.5. The summed E-state index contributed by atoms with van der Waals surface area (Å²) < 4.78 is 22.1. The van der Waals surface area contributed by atoms with E-state index >= 15 is 0 Å². The Morgan fingerprint density at radius 3 is 2.44 bits per heavy atom. The largest absolute Gasteiger partial charge is 0.493 e. The lowest BCUT2D eigenvalue weighted by Gasteiger charge is -2.15. The number of aromatic nitrogens is 1. The fourth-order valence-corrected chi connectivity index (χ4v) is 3.80. The number of hydrogen-bond acceptors (Lipinski definition) is 6. The molecule has 0 saturated carbocycles. The van der Waals surface area contributed by atoms with Crippen molar-refractivity contribution in [2.24, 2.45) is 0 Å². The molecule has 1 atom stereocenters. The van der Waals surface area contributed by atoms with Crippen LogP contribution < -0.4 is 10.1 Å². The van der Waals surface area contributed by atoms with Crippen LogP contribution in [0.2, 0.25) is 0 Å². The highest BCUT2D eigenvalue weighted by Crippen LogP contribution is 2.30. The number of amides is 1. The SMILES string of the molecule is COCCOCC(NC(C)=O)c1cc(CCCOc2c(C)cc(-c3ccccc3)cc2C)on1. The van der Waals surface area contributed by atoms with Crippen molar-refractivity contribution >= 4 is 5.91 Å². The summed E-state index contributed by atoms with van der Waals surface area (Å²) in [6.07, 6.45) is 1.47. The first kappa shape index (κ1) is 25.5. The second-order valence-electron chi connectivity index (χ2n) is 8.30. The molecule has 182 valence electrons. The normalized spacial score (nSPS) is 11.9. The molecule has 1 amide bonds. The summed E-state index contributed by atoms with van der Waals surface area (Å²) in [4.78, 5) is 11.6. The van der Waals surface area contributed by atoms with Crippen molar-refractivity contribution in [1.29, 1.82) is 0 Å². The Balaban J connectivity index is 1.52. The van der Waals surface area contributed by atoms with Crippen LogP contribution in [0.15, 0.2) is 53.1 Å². The molecule has 0 spiro atoms. The first-order valence-corrected chi connectivity index (χ1v) is 11.6. The van der Waals surface area contributed by atoms with Crippen LogP contribution in [0.1, 0.15) is 42.0 Å². The van der Waals surface area contributed by atoms with Crippen LogP contribution >= 0.6 is 0 Å². The van der Waals surface area contributed by atoms with E-state index in [0.29, 0.717) is 38.5 Å². The minimum absolute atomic E-state index is 0.151. The van der Waals surface area contributed by atoms with Gasteiger partial charge in [-0.1, -0.05) is 35.5 Å². The maximum absolute atomic E-state index is 11.6. The number of methoxy groups -OCH3 is 1. The van der Waals surface area contributed by atoms with Gasteiger partial charge in [-0.25, -0.2) is 0 Å². The van der Waals surface area contributed by atoms with E-state index in [4.69, 9.17) is 18.7 Å². The molecule has 1 heterocycles. The van der Waals surface area contributed by atoms with Crippen molar-refractivity contribution in [2.45, 2.75) is 39.7 Å². The minimum Gasteiger partial charge on any atom is -0.493 e. The molecule has 0 aliphatic rings. The van der Waals surface area contributed by atoms with E-state index < -0.39 is 0 Å². The van der Waals surface area contributed by atoms with Crippen LogP contribution in [0.25, 0.3) is 11.1 Å². The zero-order chi connectivity index (χ0) is 24.3. The maximum Gasteiger partial charge on any atom is 0.217 e. The standard InChI is InChI=1S/C27H34N2O5/c1-19-15-23(22-9-6-5-7-10-22)16-20(2)27(19)33-12-8-11-24-17-25(29-34-24)26(28-21(3)30)18-32-14-13-31-4/h5-7,9-10,15-17,26H,8,11-14,18H2,1-4H3,(H,28,30). The second kappa shape index (κ2) is 12.9. The third kappa shape index (κ3) is 7.43. The number of nitrogens with one attached hydrogen (secondary N) is 1. The van der Waals surface area contributed by atoms with Gasteiger partial charge in [0.25, 0.3) is 0 Å². The molecule has 7 heteroatoms. The lowest BCUT2D eigenvalue weighted by Crippen LogP contribution is -2.30. The molecule has 0 bridgehead atoms. The summed E-state index contributed by atoms with van der Waals surface area (Å²) >= 11 is 0. The fourth-order valence-electron chi connectivity index (χ4n) is 3.80. The summed E-state index contributed by atoms with van der Waals surface area (Å²) in [6, 6.07) is 16.2. The molecule has 0 saturated heterocycles. The van der Waals surface area contributed by atoms with E-state index in [9.17, 15) is 4.79 Å². The van der Waals surface area contributed by atoms with Crippen LogP contribution in [-0.2, 0) is 20.7 Å². The average molecular weight is 467 g/mol. The molecular formula is C27H34N2O5. The Bertz CT molecular complexity index is 1030. The number of aryl methyl sites for hydroxylation is 3. The van der Waals surface area contributed by atoms with Crippen LogP contribution in [0, 0.1) is 13.8 Å². The third-order valence-electron chi connectivity index (χ3n) is 5.41. The van der Waals surface area contributed by atoms with Gasteiger partial charge in [-0.2, -0.15) is 0 Å². The molecule has 3 rings (SSSR count). The van der Waals surface area contributed by atoms with Crippen molar-refractivity contribution < 1.29 is 23.5 Å². The molecule has 1 aromatic heterocycles. The van der Waals surface area contributed by atoms with Crippen LogP contribution in [0.5, 0.6) is 5.75 Å². The first-order chi connectivity index (χ1) is 16.5. The fraction of sp³-hybridized carbons (Fsp3) is 0.407. The van der Waals surface area contributed by atoms with E-state index in [1.807, 2.05) is 24.3 Å². The number of ether oxygens (including phenoxy) is 3. The lowest BCUT2D eigenvalue weighted by molar-refractivity contribution is -0.120. The Labute approximate surface area is 201 Å². The van der Waals surface area contributed by atoms with E-state index in [2.05, 4.69) is 48.6 Å². The number of carbonyl (C=O) groups excluding carboxylic acids is 1. The van der Waals surface area contributed by atoms with Gasteiger partial charge in [0.15, 0.2) is 0 Å². The lowest BCUT2D eigenvalue weighted by atomic mass is 10.00. The summed E-state index contributed by atoms with van der Waals surface area (Å²) in [5.74, 6) is 1.53. The van der Waals surface area contributed by atoms with Gasteiger partial charge in [0.05, 0.1) is 32.5 Å². The smallest absolute Gasteiger partial charge is 0.217 e. The summed E-state index contributed by atoms with van der Waals surface area (Å²) in [5, 5.41) is 6.98. The summed E-state index contributed by atoms with van der Waals surface area (Å²) in [7, 11) is 1.62. The highest BCUT2D eigenvalue weighted by Gasteiger charge is 2.18. The molecule has 34 heavy (non-hydrogen) atoms. The number of rotatable bonds is 13. The van der Waals surface area contributed by atoms with E-state index in [-0.39, 0.29) is 11.9 Å². The van der Waals surface area contributed by atoms with E-state index in [0.717, 1.165) is 29.1 Å². The molecule has 3 aromatic rings. The monoisotopic (exact) mass is 466 g/mol. The Morgan fingerprint density at radius 1 is 1.03 bits per heavy atom. The van der Waals surface area contributed by atoms with Crippen LogP contribution in [-0.4, -0.2) is 44.6 Å². The first-order valence-electron chi connectivity index (χ1n) is 11.6. The Hall–Kier alpha value is -3.16. The van der Waals surface area contributed by atoms with Gasteiger partial charge in [-0.3, -0.25) is 4.79 Å². The van der Waals surface area contributed by atoms with E-state index in [1.165, 1.54) is 18.1 Å². The molecule has 1 unspecified atom stereocenters. The molecule has 0 aliphatic heterocycles. The molecule has 0 aliphatic carbocycles. The zero-order valence-electron chi connectivity index (χ0n) is 20.4. The molecular weight excluding hydrogens is 432 g/mol. The molecule has 1 N–H and O–H groups in total.